The van der Waals surface area contributed by atoms with Gasteiger partial charge in [0, 0.05) is 11.1 Å². The van der Waals surface area contributed by atoms with Crippen LogP contribution in [0.25, 0.3) is 28.2 Å². The third kappa shape index (κ3) is 4.91. The number of hydrogen-bond acceptors (Lipinski definition) is 3. The van der Waals surface area contributed by atoms with Crippen LogP contribution >= 0.6 is 0 Å². The quantitative estimate of drug-likeness (QED) is 0.243. The molecule has 4 aromatic carbocycles. The summed E-state index contributed by atoms with van der Waals surface area (Å²) in [5.41, 5.74) is 10.6. The highest BCUT2D eigenvalue weighted by molar-refractivity contribution is 5.80. The van der Waals surface area contributed by atoms with E-state index in [9.17, 15) is 0 Å². The van der Waals surface area contributed by atoms with E-state index in [-0.39, 0.29) is 0 Å². The number of hydrazone groups is 1. The van der Waals surface area contributed by atoms with Crippen molar-refractivity contribution in [2.45, 2.75) is 6.54 Å². The van der Waals surface area contributed by atoms with Gasteiger partial charge in [-0.2, -0.15) is 10.2 Å². The first-order chi connectivity index (χ1) is 16.4. The van der Waals surface area contributed by atoms with Crippen molar-refractivity contribution in [3.63, 3.8) is 0 Å². The van der Waals surface area contributed by atoms with Gasteiger partial charge >= 0.3 is 0 Å². The van der Waals surface area contributed by atoms with Crippen LogP contribution in [0.15, 0.2) is 126 Å². The molecule has 0 fully saturated rings. The fourth-order valence-electron chi connectivity index (χ4n) is 3.70. The van der Waals surface area contributed by atoms with Gasteiger partial charge in [0.15, 0.2) is 0 Å². The van der Waals surface area contributed by atoms with Crippen molar-refractivity contribution in [3.8, 4) is 28.2 Å². The molecule has 4 nitrogen and oxygen atoms in total. The lowest BCUT2D eigenvalue weighted by molar-refractivity contribution is 0.748. The van der Waals surface area contributed by atoms with Crippen LogP contribution in [-0.2, 0) is 6.54 Å². The summed E-state index contributed by atoms with van der Waals surface area (Å²) in [5.74, 6) is 0. The molecule has 160 valence electrons. The second-order valence-electron chi connectivity index (χ2n) is 7.73. The number of nitrogens with one attached hydrogen (secondary N) is 1. The number of nitrogens with zero attached hydrogens (tertiary/aromatic N) is 3. The van der Waals surface area contributed by atoms with Crippen LogP contribution in [0.1, 0.15) is 11.1 Å². The number of aromatic nitrogens is 2. The Morgan fingerprint density at radius 2 is 1.30 bits per heavy atom. The number of rotatable bonds is 7. The van der Waals surface area contributed by atoms with Gasteiger partial charge in [-0.25, -0.2) is 4.68 Å². The minimum atomic E-state index is 0.700. The summed E-state index contributed by atoms with van der Waals surface area (Å²) >= 11 is 0. The van der Waals surface area contributed by atoms with Crippen LogP contribution in [0.5, 0.6) is 0 Å². The minimum Gasteiger partial charge on any atom is -0.306 e. The Hall–Kier alpha value is -4.44. The van der Waals surface area contributed by atoms with Crippen LogP contribution in [0.3, 0.4) is 0 Å². The molecular weight excluding hydrogens is 404 g/mol. The maximum absolute atomic E-state index is 4.94. The smallest absolute Gasteiger partial charge is 0.0934 e. The van der Waals surface area contributed by atoms with Crippen molar-refractivity contribution in [2.24, 2.45) is 5.10 Å². The van der Waals surface area contributed by atoms with E-state index in [1.165, 1.54) is 5.56 Å². The highest BCUT2D eigenvalue weighted by Crippen LogP contribution is 2.28. The van der Waals surface area contributed by atoms with E-state index in [0.29, 0.717) is 6.54 Å². The molecule has 0 unspecified atom stereocenters. The van der Waals surface area contributed by atoms with Gasteiger partial charge in [-0.1, -0.05) is 103 Å². The molecule has 0 amide bonds. The molecule has 1 aromatic heterocycles. The van der Waals surface area contributed by atoms with Crippen molar-refractivity contribution >= 4 is 6.21 Å². The molecule has 0 atom stereocenters. The van der Waals surface area contributed by atoms with Crippen LogP contribution in [0.2, 0.25) is 0 Å². The summed E-state index contributed by atoms with van der Waals surface area (Å²) in [6.45, 7) is 0.700. The zero-order valence-electron chi connectivity index (χ0n) is 18.2. The molecule has 1 N–H and O–H groups in total. The summed E-state index contributed by atoms with van der Waals surface area (Å²) in [7, 11) is 0. The van der Waals surface area contributed by atoms with E-state index < -0.39 is 0 Å². The van der Waals surface area contributed by atoms with Crippen LogP contribution in [0.4, 0.5) is 0 Å². The van der Waals surface area contributed by atoms with Crippen molar-refractivity contribution in [3.05, 3.63) is 132 Å². The monoisotopic (exact) mass is 428 g/mol. The molecular formula is C29H24N4. The molecule has 0 aliphatic carbocycles. The normalized spacial score (nSPS) is 11.0. The lowest BCUT2D eigenvalue weighted by atomic mass is 10.1. The molecule has 1 heterocycles. The summed E-state index contributed by atoms with van der Waals surface area (Å²) < 4.78 is 2.01. The van der Waals surface area contributed by atoms with Gasteiger partial charge < -0.3 is 5.43 Å². The lowest BCUT2D eigenvalue weighted by Gasteiger charge is -2.08. The van der Waals surface area contributed by atoms with E-state index in [4.69, 9.17) is 5.10 Å². The molecule has 0 spiro atoms. The van der Waals surface area contributed by atoms with Crippen molar-refractivity contribution in [2.75, 3.05) is 0 Å². The molecule has 0 saturated carbocycles. The highest BCUT2D eigenvalue weighted by atomic mass is 15.3. The minimum absolute atomic E-state index is 0.700. The molecule has 0 saturated heterocycles. The number of hydrogen-bond donors (Lipinski definition) is 1. The molecule has 33 heavy (non-hydrogen) atoms. The van der Waals surface area contributed by atoms with E-state index in [1.54, 1.807) is 0 Å². The van der Waals surface area contributed by atoms with Gasteiger partial charge in [-0.05, 0) is 29.3 Å². The highest BCUT2D eigenvalue weighted by Gasteiger charge is 2.12. The third-order valence-electron chi connectivity index (χ3n) is 5.42. The topological polar surface area (TPSA) is 42.2 Å². The molecule has 0 bridgehead atoms. The summed E-state index contributed by atoms with van der Waals surface area (Å²) in [5, 5.41) is 9.29. The summed E-state index contributed by atoms with van der Waals surface area (Å²) in [4.78, 5) is 0. The van der Waals surface area contributed by atoms with Crippen LogP contribution in [0, 0.1) is 0 Å². The van der Waals surface area contributed by atoms with E-state index >= 15 is 0 Å². The van der Waals surface area contributed by atoms with Gasteiger partial charge in [0.25, 0.3) is 0 Å². The fraction of sp³-hybridized carbons (Fsp3) is 0.0345. The van der Waals surface area contributed by atoms with Gasteiger partial charge in [0.05, 0.1) is 29.8 Å². The Kier molecular flexibility index (Phi) is 6.07. The maximum Gasteiger partial charge on any atom is 0.0934 e. The molecule has 5 aromatic rings. The first kappa shape index (κ1) is 20.5. The second kappa shape index (κ2) is 9.79. The van der Waals surface area contributed by atoms with Crippen molar-refractivity contribution in [1.82, 2.24) is 15.2 Å². The van der Waals surface area contributed by atoms with Crippen molar-refractivity contribution < 1.29 is 0 Å². The second-order valence-corrected chi connectivity index (χ2v) is 7.73. The van der Waals surface area contributed by atoms with Gasteiger partial charge in [0.1, 0.15) is 0 Å². The van der Waals surface area contributed by atoms with E-state index in [2.05, 4.69) is 89.4 Å². The van der Waals surface area contributed by atoms with E-state index in [1.807, 2.05) is 53.4 Å². The first-order valence-corrected chi connectivity index (χ1v) is 11.0. The van der Waals surface area contributed by atoms with Gasteiger partial charge in [-0.3, -0.25) is 0 Å². The average Bonchev–Trinajstić information content (AvgIpc) is 3.34. The summed E-state index contributed by atoms with van der Waals surface area (Å²) in [6.07, 6.45) is 1.84. The summed E-state index contributed by atoms with van der Waals surface area (Å²) in [6, 6.07) is 41.3. The Morgan fingerprint density at radius 1 is 0.697 bits per heavy atom. The Morgan fingerprint density at radius 3 is 1.97 bits per heavy atom. The Labute approximate surface area is 193 Å². The largest absolute Gasteiger partial charge is 0.306 e. The van der Waals surface area contributed by atoms with Gasteiger partial charge in [-0.15, -0.1) is 0 Å². The SMILES string of the molecule is C(=NNCc1ccccc1)c1ccc(-n2nc(-c3ccccc3)cc2-c2ccccc2)cc1. The maximum atomic E-state index is 4.94. The van der Waals surface area contributed by atoms with Crippen LogP contribution in [-0.4, -0.2) is 16.0 Å². The standard InChI is InChI=1S/C29H24N4/c1-4-10-23(11-5-1)21-30-31-22-24-16-18-27(19-17-24)33-29(26-14-8-3-9-15-26)20-28(32-33)25-12-6-2-7-13-25/h1-20,22,30H,21H2. The predicted molar refractivity (Wildman–Crippen MR) is 135 cm³/mol. The molecule has 0 radical (unpaired) electrons. The Balaban J connectivity index is 1.39. The first-order valence-electron chi connectivity index (χ1n) is 11.0. The Bertz CT molecular complexity index is 1320. The molecule has 5 rings (SSSR count). The fourth-order valence-corrected chi connectivity index (χ4v) is 3.70. The van der Waals surface area contributed by atoms with E-state index in [0.717, 1.165) is 33.8 Å². The molecule has 0 aliphatic rings. The predicted octanol–water partition coefficient (Wildman–Crippen LogP) is 6.33. The van der Waals surface area contributed by atoms with Gasteiger partial charge in [0.2, 0.25) is 0 Å². The zero-order chi connectivity index (χ0) is 22.3. The van der Waals surface area contributed by atoms with Crippen molar-refractivity contribution in [1.29, 1.82) is 0 Å². The lowest BCUT2D eigenvalue weighted by Crippen LogP contribution is -2.05. The van der Waals surface area contributed by atoms with Crippen LogP contribution < -0.4 is 5.43 Å². The average molecular weight is 429 g/mol. The third-order valence-corrected chi connectivity index (χ3v) is 5.42. The number of benzene rings is 4. The molecule has 0 aliphatic heterocycles. The zero-order valence-corrected chi connectivity index (χ0v) is 18.2. The molecule has 4 heteroatoms.